The van der Waals surface area contributed by atoms with E-state index in [9.17, 15) is 4.39 Å². The lowest BCUT2D eigenvalue weighted by Crippen LogP contribution is -2.08. The normalized spacial score (nSPS) is 10.8. The Hall–Kier alpha value is -2.17. The fraction of sp³-hybridized carbons (Fsp3) is 0. The molecule has 3 aromatic rings. The molecule has 3 nitrogen and oxygen atoms in total. The van der Waals surface area contributed by atoms with Crippen molar-refractivity contribution >= 4 is 28.2 Å². The molecular weight excluding hydrogens is 277 g/mol. The molecule has 1 aromatic heterocycles. The summed E-state index contributed by atoms with van der Waals surface area (Å²) in [4.78, 5) is 4.45. The monoisotopic (exact) mass is 287 g/mol. The number of hydrogen-bond acceptors (Lipinski definition) is 3. The fourth-order valence-electron chi connectivity index (χ4n) is 2.14. The molecule has 5 heteroatoms. The van der Waals surface area contributed by atoms with Crippen LogP contribution < -0.4 is 11.3 Å². The number of benzene rings is 2. The van der Waals surface area contributed by atoms with E-state index in [4.69, 9.17) is 17.4 Å². The highest BCUT2D eigenvalue weighted by Gasteiger charge is 2.13. The first-order valence-corrected chi connectivity index (χ1v) is 6.39. The van der Waals surface area contributed by atoms with Crippen LogP contribution in [0, 0.1) is 5.82 Å². The second-order valence-electron chi connectivity index (χ2n) is 4.32. The Morgan fingerprint density at radius 1 is 1.10 bits per heavy atom. The predicted molar refractivity (Wildman–Crippen MR) is 80.0 cm³/mol. The zero-order chi connectivity index (χ0) is 14.1. The maximum atomic E-state index is 14.0. The Balaban J connectivity index is 2.35. The molecule has 3 N–H and O–H groups in total. The van der Waals surface area contributed by atoms with Gasteiger partial charge in [-0.2, -0.15) is 0 Å². The van der Waals surface area contributed by atoms with E-state index in [1.807, 2.05) is 30.3 Å². The number of anilines is 1. The summed E-state index contributed by atoms with van der Waals surface area (Å²) in [6.45, 7) is 0. The molecule has 100 valence electrons. The highest BCUT2D eigenvalue weighted by atomic mass is 35.5. The van der Waals surface area contributed by atoms with Crippen LogP contribution in [0.4, 0.5) is 10.1 Å². The van der Waals surface area contributed by atoms with Crippen LogP contribution in [-0.4, -0.2) is 4.98 Å². The molecule has 0 saturated carbocycles. The highest BCUT2D eigenvalue weighted by molar-refractivity contribution is 6.35. The smallest absolute Gasteiger partial charge is 0.134 e. The van der Waals surface area contributed by atoms with Crippen LogP contribution in [0.1, 0.15) is 0 Å². The standard InChI is InChI=1S/C15H11ClFN3/c16-10-6-7-11(17)14-13(20-18)8-12(19-15(10)14)9-4-2-1-3-5-9/h1-8H,18H2,(H,19,20). The van der Waals surface area contributed by atoms with Crippen LogP contribution in [0.25, 0.3) is 22.2 Å². The molecule has 20 heavy (non-hydrogen) atoms. The van der Waals surface area contributed by atoms with Gasteiger partial charge in [0.1, 0.15) is 5.82 Å². The van der Waals surface area contributed by atoms with Gasteiger partial charge >= 0.3 is 0 Å². The summed E-state index contributed by atoms with van der Waals surface area (Å²) in [6.07, 6.45) is 0. The van der Waals surface area contributed by atoms with Gasteiger partial charge in [-0.15, -0.1) is 0 Å². The van der Waals surface area contributed by atoms with Gasteiger partial charge < -0.3 is 5.43 Å². The van der Waals surface area contributed by atoms with Gasteiger partial charge in [0.25, 0.3) is 0 Å². The third kappa shape index (κ3) is 2.09. The Morgan fingerprint density at radius 2 is 1.85 bits per heavy atom. The number of fused-ring (bicyclic) bond motifs is 1. The van der Waals surface area contributed by atoms with Crippen LogP contribution in [0.3, 0.4) is 0 Å². The van der Waals surface area contributed by atoms with Crippen molar-refractivity contribution in [3.63, 3.8) is 0 Å². The minimum atomic E-state index is -0.413. The first-order valence-electron chi connectivity index (χ1n) is 6.01. The summed E-state index contributed by atoms with van der Waals surface area (Å²) in [7, 11) is 0. The third-order valence-corrected chi connectivity index (χ3v) is 3.39. The van der Waals surface area contributed by atoms with Gasteiger partial charge in [-0.05, 0) is 18.2 Å². The molecular formula is C15H11ClFN3. The van der Waals surface area contributed by atoms with Crippen LogP contribution in [-0.2, 0) is 0 Å². The number of hydrogen-bond donors (Lipinski definition) is 2. The van der Waals surface area contributed by atoms with Crippen LogP contribution in [0.15, 0.2) is 48.5 Å². The number of aromatic nitrogens is 1. The van der Waals surface area contributed by atoms with Crippen molar-refractivity contribution in [3.8, 4) is 11.3 Å². The van der Waals surface area contributed by atoms with E-state index in [-0.39, 0.29) is 0 Å². The van der Waals surface area contributed by atoms with Crippen molar-refractivity contribution in [3.05, 3.63) is 59.4 Å². The summed E-state index contributed by atoms with van der Waals surface area (Å²) >= 11 is 6.12. The quantitative estimate of drug-likeness (QED) is 0.554. The number of nitrogen functional groups attached to an aromatic ring is 1. The van der Waals surface area contributed by atoms with Gasteiger partial charge in [-0.3, -0.25) is 5.84 Å². The van der Waals surface area contributed by atoms with E-state index in [2.05, 4.69) is 10.4 Å². The zero-order valence-electron chi connectivity index (χ0n) is 10.4. The number of rotatable bonds is 2. The topological polar surface area (TPSA) is 50.9 Å². The Bertz CT molecular complexity index is 775. The summed E-state index contributed by atoms with van der Waals surface area (Å²) < 4.78 is 14.0. The van der Waals surface area contributed by atoms with Crippen molar-refractivity contribution in [1.82, 2.24) is 4.98 Å². The van der Waals surface area contributed by atoms with Gasteiger partial charge in [-0.25, -0.2) is 9.37 Å². The Kier molecular flexibility index (Phi) is 3.26. The molecule has 0 amide bonds. The summed E-state index contributed by atoms with van der Waals surface area (Å²) in [6, 6.07) is 14.1. The first kappa shape index (κ1) is 12.8. The van der Waals surface area contributed by atoms with Crippen molar-refractivity contribution in [2.75, 3.05) is 5.43 Å². The lowest BCUT2D eigenvalue weighted by Gasteiger charge is -2.11. The molecule has 0 spiro atoms. The van der Waals surface area contributed by atoms with Gasteiger partial charge in [0.15, 0.2) is 0 Å². The average molecular weight is 288 g/mol. The largest absolute Gasteiger partial charge is 0.323 e. The maximum Gasteiger partial charge on any atom is 0.134 e. The molecule has 0 bridgehead atoms. The number of hydrazine groups is 1. The Labute approximate surface area is 120 Å². The van der Waals surface area contributed by atoms with E-state index in [1.54, 1.807) is 6.07 Å². The minimum absolute atomic E-state index is 0.291. The molecule has 3 rings (SSSR count). The second-order valence-corrected chi connectivity index (χ2v) is 4.73. The SMILES string of the molecule is NNc1cc(-c2ccccc2)nc2c(Cl)ccc(F)c12. The molecule has 0 radical (unpaired) electrons. The van der Waals surface area contributed by atoms with Crippen LogP contribution in [0.5, 0.6) is 0 Å². The molecule has 2 aromatic carbocycles. The van der Waals surface area contributed by atoms with Crippen molar-refractivity contribution in [2.24, 2.45) is 5.84 Å². The molecule has 0 aliphatic heterocycles. The van der Waals surface area contributed by atoms with Crippen molar-refractivity contribution in [2.45, 2.75) is 0 Å². The van der Waals surface area contributed by atoms with Gasteiger partial charge in [-0.1, -0.05) is 41.9 Å². The maximum absolute atomic E-state index is 14.0. The molecule has 0 saturated heterocycles. The van der Waals surface area contributed by atoms with E-state index in [0.29, 0.717) is 27.3 Å². The highest BCUT2D eigenvalue weighted by Crippen LogP contribution is 2.33. The Morgan fingerprint density at radius 3 is 2.55 bits per heavy atom. The number of nitrogens with one attached hydrogen (secondary N) is 1. The average Bonchev–Trinajstić information content (AvgIpc) is 2.51. The van der Waals surface area contributed by atoms with Crippen molar-refractivity contribution in [1.29, 1.82) is 0 Å². The summed E-state index contributed by atoms with van der Waals surface area (Å²) in [5, 5.41) is 0.676. The van der Waals surface area contributed by atoms with E-state index >= 15 is 0 Å². The van der Waals surface area contributed by atoms with E-state index in [1.165, 1.54) is 12.1 Å². The number of nitrogens with two attached hydrogens (primary N) is 1. The molecule has 1 heterocycles. The van der Waals surface area contributed by atoms with E-state index in [0.717, 1.165) is 5.56 Å². The molecule has 0 unspecified atom stereocenters. The van der Waals surface area contributed by atoms with Gasteiger partial charge in [0, 0.05) is 5.56 Å². The van der Waals surface area contributed by atoms with Gasteiger partial charge in [0.05, 0.1) is 27.3 Å². The zero-order valence-corrected chi connectivity index (χ0v) is 11.2. The molecule has 0 fully saturated rings. The first-order chi connectivity index (χ1) is 9.70. The number of nitrogens with zero attached hydrogens (tertiary/aromatic N) is 1. The molecule has 0 atom stereocenters. The van der Waals surface area contributed by atoms with Crippen LogP contribution >= 0.6 is 11.6 Å². The number of halogens is 2. The fourth-order valence-corrected chi connectivity index (χ4v) is 2.34. The van der Waals surface area contributed by atoms with Gasteiger partial charge in [0.2, 0.25) is 0 Å². The van der Waals surface area contributed by atoms with Crippen LogP contribution in [0.2, 0.25) is 5.02 Å². The lowest BCUT2D eigenvalue weighted by atomic mass is 10.1. The predicted octanol–water partition coefficient (Wildman–Crippen LogP) is 3.98. The lowest BCUT2D eigenvalue weighted by molar-refractivity contribution is 0.640. The summed E-state index contributed by atoms with van der Waals surface area (Å²) in [5.74, 6) is 5.08. The minimum Gasteiger partial charge on any atom is -0.323 e. The summed E-state index contributed by atoms with van der Waals surface area (Å²) in [5.41, 5.74) is 4.94. The molecule has 0 aliphatic carbocycles. The molecule has 0 aliphatic rings. The number of pyridine rings is 1. The van der Waals surface area contributed by atoms with Crippen molar-refractivity contribution < 1.29 is 4.39 Å². The van der Waals surface area contributed by atoms with E-state index < -0.39 is 5.82 Å². The second kappa shape index (κ2) is 5.07. The third-order valence-electron chi connectivity index (χ3n) is 3.09.